The predicted molar refractivity (Wildman–Crippen MR) is 102 cm³/mol. The first-order valence-electron chi connectivity index (χ1n) is 8.83. The summed E-state index contributed by atoms with van der Waals surface area (Å²) in [4.78, 5) is 2.17. The summed E-state index contributed by atoms with van der Waals surface area (Å²) in [6.45, 7) is 4.65. The molecule has 3 nitrogen and oxygen atoms in total. The molecule has 0 fully saturated rings. The number of nitrogens with zero attached hydrogens (tertiary/aromatic N) is 1. The van der Waals surface area contributed by atoms with Gasteiger partial charge in [-0.2, -0.15) is 0 Å². The van der Waals surface area contributed by atoms with E-state index in [1.807, 2.05) is 31.2 Å². The molecule has 0 bridgehead atoms. The zero-order valence-electron chi connectivity index (χ0n) is 15.4. The van der Waals surface area contributed by atoms with Crippen LogP contribution in [0.25, 0.3) is 11.1 Å². The van der Waals surface area contributed by atoms with E-state index in [2.05, 4.69) is 24.3 Å². The summed E-state index contributed by atoms with van der Waals surface area (Å²) in [6, 6.07) is 14.3. The molecule has 4 heteroatoms. The van der Waals surface area contributed by atoms with E-state index < -0.39 is 5.60 Å². The largest absolute Gasteiger partial charge is 0.385 e. The molecule has 0 amide bonds. The number of halogens is 1. The van der Waals surface area contributed by atoms with Crippen LogP contribution in [-0.4, -0.2) is 43.7 Å². The van der Waals surface area contributed by atoms with Crippen LogP contribution in [0.15, 0.2) is 48.5 Å². The molecule has 2 aromatic carbocycles. The van der Waals surface area contributed by atoms with Gasteiger partial charge < -0.3 is 15.3 Å². The lowest BCUT2D eigenvalue weighted by Gasteiger charge is -2.24. The maximum Gasteiger partial charge on any atom is 0.123 e. The summed E-state index contributed by atoms with van der Waals surface area (Å²) in [6.07, 6.45) is 1.76. The highest BCUT2D eigenvalue weighted by molar-refractivity contribution is 5.63. The number of hydrogen-bond donors (Lipinski definition) is 2. The van der Waals surface area contributed by atoms with E-state index in [0.29, 0.717) is 6.42 Å². The van der Waals surface area contributed by atoms with E-state index in [4.69, 9.17) is 0 Å². The Balaban J connectivity index is 1.88. The molecule has 25 heavy (non-hydrogen) atoms. The molecule has 2 rings (SSSR count). The van der Waals surface area contributed by atoms with Gasteiger partial charge >= 0.3 is 0 Å². The molecule has 0 aromatic heterocycles. The van der Waals surface area contributed by atoms with Crippen LogP contribution in [0, 0.1) is 5.82 Å². The normalized spacial score (nSPS) is 13.8. The van der Waals surface area contributed by atoms with Gasteiger partial charge in [0.05, 0.1) is 5.60 Å². The molecule has 136 valence electrons. The van der Waals surface area contributed by atoms with Crippen molar-refractivity contribution in [3.8, 4) is 11.1 Å². The van der Waals surface area contributed by atoms with Crippen LogP contribution >= 0.6 is 0 Å². The minimum Gasteiger partial charge on any atom is -0.385 e. The smallest absolute Gasteiger partial charge is 0.123 e. The summed E-state index contributed by atoms with van der Waals surface area (Å²) in [5, 5.41) is 14.1. The Hall–Kier alpha value is -1.75. The monoisotopic (exact) mass is 344 g/mol. The van der Waals surface area contributed by atoms with Crippen molar-refractivity contribution in [1.82, 2.24) is 10.2 Å². The summed E-state index contributed by atoms with van der Waals surface area (Å²) < 4.78 is 13.0. The Labute approximate surface area is 150 Å². The first-order valence-corrected chi connectivity index (χ1v) is 8.83. The zero-order chi connectivity index (χ0) is 18.3. The van der Waals surface area contributed by atoms with Gasteiger partial charge in [-0.05, 0) is 82.3 Å². The van der Waals surface area contributed by atoms with Crippen molar-refractivity contribution in [2.24, 2.45) is 0 Å². The van der Waals surface area contributed by atoms with E-state index >= 15 is 0 Å². The molecule has 0 spiro atoms. The second-order valence-corrected chi connectivity index (χ2v) is 7.01. The number of benzene rings is 2. The average Bonchev–Trinajstić information content (AvgIpc) is 2.58. The van der Waals surface area contributed by atoms with E-state index in [1.165, 1.54) is 12.1 Å². The van der Waals surface area contributed by atoms with Gasteiger partial charge in [0.15, 0.2) is 0 Å². The molecule has 1 atom stereocenters. The highest BCUT2D eigenvalue weighted by atomic mass is 19.1. The molecule has 2 N–H and O–H groups in total. The molecule has 0 aliphatic heterocycles. The van der Waals surface area contributed by atoms with Crippen molar-refractivity contribution in [2.45, 2.75) is 25.4 Å². The van der Waals surface area contributed by atoms with Gasteiger partial charge in [-0.25, -0.2) is 4.39 Å². The number of aliphatic hydroxyl groups is 1. The van der Waals surface area contributed by atoms with Gasteiger partial charge in [0.2, 0.25) is 0 Å². The molecular formula is C21H29FN2O. The average molecular weight is 344 g/mol. The third-order valence-electron chi connectivity index (χ3n) is 4.43. The van der Waals surface area contributed by atoms with Gasteiger partial charge in [-0.15, -0.1) is 0 Å². The van der Waals surface area contributed by atoms with Gasteiger partial charge in [0, 0.05) is 0 Å². The van der Waals surface area contributed by atoms with Crippen molar-refractivity contribution < 1.29 is 9.50 Å². The van der Waals surface area contributed by atoms with Gasteiger partial charge in [0.1, 0.15) is 5.82 Å². The third kappa shape index (κ3) is 6.24. The van der Waals surface area contributed by atoms with Gasteiger partial charge in [0.25, 0.3) is 0 Å². The van der Waals surface area contributed by atoms with Crippen LogP contribution in [0.1, 0.15) is 25.3 Å². The molecule has 0 radical (unpaired) electrons. The number of hydrogen-bond acceptors (Lipinski definition) is 3. The highest BCUT2D eigenvalue weighted by Gasteiger charge is 2.22. The first-order chi connectivity index (χ1) is 11.9. The van der Waals surface area contributed by atoms with Gasteiger partial charge in [-0.1, -0.05) is 36.4 Å². The topological polar surface area (TPSA) is 35.5 Å². The fourth-order valence-electron chi connectivity index (χ4n) is 2.79. The molecule has 1 unspecified atom stereocenters. The Morgan fingerprint density at radius 2 is 1.52 bits per heavy atom. The summed E-state index contributed by atoms with van der Waals surface area (Å²) in [7, 11) is 4.14. The third-order valence-corrected chi connectivity index (χ3v) is 4.43. The van der Waals surface area contributed by atoms with Crippen molar-refractivity contribution >= 4 is 0 Å². The number of rotatable bonds is 9. The molecule has 0 heterocycles. The fourth-order valence-corrected chi connectivity index (χ4v) is 2.79. The van der Waals surface area contributed by atoms with E-state index in [1.54, 1.807) is 12.1 Å². The van der Waals surface area contributed by atoms with Gasteiger partial charge in [-0.3, -0.25) is 0 Å². The fraction of sp³-hybridized carbons (Fsp3) is 0.429. The Kier molecular flexibility index (Phi) is 7.12. The Bertz CT molecular complexity index is 636. The lowest BCUT2D eigenvalue weighted by molar-refractivity contribution is 0.0480. The van der Waals surface area contributed by atoms with E-state index in [-0.39, 0.29) is 5.82 Å². The van der Waals surface area contributed by atoms with E-state index in [9.17, 15) is 9.50 Å². The summed E-state index contributed by atoms with van der Waals surface area (Å²) in [5.41, 5.74) is 2.01. The molecule has 0 aliphatic rings. The molecule has 2 aromatic rings. The Morgan fingerprint density at radius 3 is 2.08 bits per heavy atom. The lowest BCUT2D eigenvalue weighted by atomic mass is 9.91. The maximum atomic E-state index is 13.0. The minimum absolute atomic E-state index is 0.235. The van der Waals surface area contributed by atoms with Crippen LogP contribution in [0.5, 0.6) is 0 Å². The van der Waals surface area contributed by atoms with E-state index in [0.717, 1.165) is 42.7 Å². The second-order valence-electron chi connectivity index (χ2n) is 7.01. The standard InChI is InChI=1S/C21H29FN2O/c1-21(25,13-15-23-14-4-16-24(2)3)19-9-5-17(6-10-19)18-7-11-20(22)12-8-18/h5-12,23,25H,4,13-16H2,1-3H3. The number of nitrogens with one attached hydrogen (secondary N) is 1. The first kappa shape index (κ1) is 19.6. The molecular weight excluding hydrogens is 315 g/mol. The van der Waals surface area contributed by atoms with Crippen LogP contribution in [0.4, 0.5) is 4.39 Å². The van der Waals surface area contributed by atoms with Crippen LogP contribution < -0.4 is 5.32 Å². The predicted octanol–water partition coefficient (Wildman–Crippen LogP) is 3.63. The second kappa shape index (κ2) is 9.09. The zero-order valence-corrected chi connectivity index (χ0v) is 15.4. The van der Waals surface area contributed by atoms with Crippen molar-refractivity contribution in [3.05, 3.63) is 59.9 Å². The van der Waals surface area contributed by atoms with Crippen LogP contribution in [0.3, 0.4) is 0 Å². The summed E-state index contributed by atoms with van der Waals surface area (Å²) in [5.74, 6) is -0.235. The molecule has 0 saturated heterocycles. The van der Waals surface area contributed by atoms with Crippen LogP contribution in [0.2, 0.25) is 0 Å². The SMILES string of the molecule is CN(C)CCCNCCC(C)(O)c1ccc(-c2ccc(F)cc2)cc1. The Morgan fingerprint density at radius 1 is 0.960 bits per heavy atom. The quantitative estimate of drug-likeness (QED) is 0.682. The minimum atomic E-state index is -0.865. The van der Waals surface area contributed by atoms with Crippen molar-refractivity contribution in [2.75, 3.05) is 33.7 Å². The maximum absolute atomic E-state index is 13.0. The lowest BCUT2D eigenvalue weighted by Crippen LogP contribution is -2.29. The van der Waals surface area contributed by atoms with Crippen molar-refractivity contribution in [3.63, 3.8) is 0 Å². The summed E-state index contributed by atoms with van der Waals surface area (Å²) >= 11 is 0. The highest BCUT2D eigenvalue weighted by Crippen LogP contribution is 2.27. The molecule has 0 aliphatic carbocycles. The molecule has 0 saturated carbocycles. The van der Waals surface area contributed by atoms with Crippen molar-refractivity contribution in [1.29, 1.82) is 0 Å². The van der Waals surface area contributed by atoms with Crippen LogP contribution in [-0.2, 0) is 5.60 Å².